The van der Waals surface area contributed by atoms with E-state index >= 15 is 0 Å². The molecular formula is C18H25N3O2. The molecule has 1 aromatic carbocycles. The third-order valence-corrected chi connectivity index (χ3v) is 4.53. The summed E-state index contributed by atoms with van der Waals surface area (Å²) < 4.78 is 0. The summed E-state index contributed by atoms with van der Waals surface area (Å²) in [6.45, 7) is 3.20. The van der Waals surface area contributed by atoms with Gasteiger partial charge in [0.25, 0.3) is 0 Å². The van der Waals surface area contributed by atoms with Crippen LogP contribution in [0.4, 0.5) is 4.79 Å². The lowest BCUT2D eigenvalue weighted by Gasteiger charge is -2.21. The number of aromatic nitrogens is 1. The van der Waals surface area contributed by atoms with Gasteiger partial charge < -0.3 is 20.3 Å². The Morgan fingerprint density at radius 3 is 2.91 bits per heavy atom. The van der Waals surface area contributed by atoms with E-state index in [2.05, 4.69) is 35.4 Å². The van der Waals surface area contributed by atoms with E-state index in [1.807, 2.05) is 6.20 Å². The van der Waals surface area contributed by atoms with Crippen LogP contribution in [0.2, 0.25) is 0 Å². The van der Waals surface area contributed by atoms with Crippen LogP contribution in [-0.4, -0.2) is 46.8 Å². The zero-order valence-corrected chi connectivity index (χ0v) is 13.6. The summed E-state index contributed by atoms with van der Waals surface area (Å²) in [5, 5.41) is 13.3. The topological polar surface area (TPSA) is 68.4 Å². The Balaban J connectivity index is 1.59. The number of aromatic amines is 1. The predicted octanol–water partition coefficient (Wildman–Crippen LogP) is 2.44. The number of benzene rings is 1. The zero-order valence-electron chi connectivity index (χ0n) is 13.6. The Kier molecular flexibility index (Phi) is 4.86. The first kappa shape index (κ1) is 15.9. The molecule has 124 valence electrons. The summed E-state index contributed by atoms with van der Waals surface area (Å²) in [4.78, 5) is 17.3. The van der Waals surface area contributed by atoms with Crippen molar-refractivity contribution in [3.05, 3.63) is 35.5 Å². The third-order valence-electron chi connectivity index (χ3n) is 4.53. The zero-order chi connectivity index (χ0) is 16.2. The fourth-order valence-corrected chi connectivity index (χ4v) is 3.13. The SMILES string of the molecule is CCc1cccc2c(CCNC(=O)N(CCO)C3CC3)c[nH]c12. The van der Waals surface area contributed by atoms with Gasteiger partial charge in [0, 0.05) is 36.2 Å². The van der Waals surface area contributed by atoms with Gasteiger partial charge in [0.05, 0.1) is 6.61 Å². The molecule has 0 radical (unpaired) electrons. The molecule has 5 heteroatoms. The van der Waals surface area contributed by atoms with Crippen molar-refractivity contribution >= 4 is 16.9 Å². The second-order valence-electron chi connectivity index (χ2n) is 6.14. The molecule has 5 nitrogen and oxygen atoms in total. The smallest absolute Gasteiger partial charge is 0.317 e. The minimum absolute atomic E-state index is 0.0200. The standard InChI is InChI=1S/C18H25N3O2/c1-2-13-4-3-5-16-14(12-20-17(13)16)8-9-19-18(23)21(10-11-22)15-6-7-15/h3-5,12,15,20,22H,2,6-11H2,1H3,(H,19,23). The fraction of sp³-hybridized carbons (Fsp3) is 0.500. The quantitative estimate of drug-likeness (QED) is 0.734. The van der Waals surface area contributed by atoms with Gasteiger partial charge in [0.2, 0.25) is 0 Å². The van der Waals surface area contributed by atoms with Gasteiger partial charge in [0.15, 0.2) is 0 Å². The summed E-state index contributed by atoms with van der Waals surface area (Å²) in [7, 11) is 0. The van der Waals surface area contributed by atoms with Crippen molar-refractivity contribution in [2.75, 3.05) is 19.7 Å². The van der Waals surface area contributed by atoms with Crippen LogP contribution in [0.25, 0.3) is 10.9 Å². The van der Waals surface area contributed by atoms with Crippen molar-refractivity contribution in [2.45, 2.75) is 38.6 Å². The van der Waals surface area contributed by atoms with Gasteiger partial charge in [-0.25, -0.2) is 4.79 Å². The highest BCUT2D eigenvalue weighted by Crippen LogP contribution is 2.26. The van der Waals surface area contributed by atoms with Gasteiger partial charge in [-0.05, 0) is 36.8 Å². The van der Waals surface area contributed by atoms with Gasteiger partial charge in [-0.1, -0.05) is 25.1 Å². The van der Waals surface area contributed by atoms with Crippen LogP contribution in [0.3, 0.4) is 0 Å². The number of rotatable bonds is 7. The number of H-pyrrole nitrogens is 1. The molecule has 2 amide bonds. The Bertz CT molecular complexity index is 676. The molecule has 1 aliphatic carbocycles. The second kappa shape index (κ2) is 7.04. The molecule has 0 atom stereocenters. The van der Waals surface area contributed by atoms with Crippen LogP contribution in [0, 0.1) is 0 Å². The third kappa shape index (κ3) is 3.50. The van der Waals surface area contributed by atoms with Crippen LogP contribution in [0.1, 0.15) is 30.9 Å². The van der Waals surface area contributed by atoms with Gasteiger partial charge in [0.1, 0.15) is 0 Å². The first-order valence-corrected chi connectivity index (χ1v) is 8.47. The molecule has 23 heavy (non-hydrogen) atoms. The summed E-state index contributed by atoms with van der Waals surface area (Å²) in [5.74, 6) is 0. The first-order chi connectivity index (χ1) is 11.2. The molecule has 2 aromatic rings. The number of fused-ring (bicyclic) bond motifs is 1. The van der Waals surface area contributed by atoms with Crippen molar-refractivity contribution in [1.29, 1.82) is 0 Å². The molecule has 1 aromatic heterocycles. The van der Waals surface area contributed by atoms with E-state index < -0.39 is 0 Å². The number of carbonyl (C=O) groups is 1. The molecule has 0 saturated heterocycles. The predicted molar refractivity (Wildman–Crippen MR) is 91.6 cm³/mol. The fourth-order valence-electron chi connectivity index (χ4n) is 3.13. The molecule has 1 aliphatic rings. The normalized spacial score (nSPS) is 14.2. The summed E-state index contributed by atoms with van der Waals surface area (Å²) in [5.41, 5.74) is 3.76. The molecular weight excluding hydrogens is 290 g/mol. The number of nitrogens with zero attached hydrogens (tertiary/aromatic N) is 1. The molecule has 3 rings (SSSR count). The lowest BCUT2D eigenvalue weighted by molar-refractivity contribution is 0.174. The number of para-hydroxylation sites is 1. The van der Waals surface area contributed by atoms with Crippen molar-refractivity contribution in [3.8, 4) is 0 Å². The van der Waals surface area contributed by atoms with E-state index in [9.17, 15) is 4.79 Å². The van der Waals surface area contributed by atoms with Crippen molar-refractivity contribution < 1.29 is 9.90 Å². The summed E-state index contributed by atoms with van der Waals surface area (Å²) >= 11 is 0. The largest absolute Gasteiger partial charge is 0.395 e. The maximum atomic E-state index is 12.2. The molecule has 0 unspecified atom stereocenters. The first-order valence-electron chi connectivity index (χ1n) is 8.47. The van der Waals surface area contributed by atoms with E-state index in [-0.39, 0.29) is 12.6 Å². The number of hydrogen-bond acceptors (Lipinski definition) is 2. The molecule has 1 fully saturated rings. The maximum absolute atomic E-state index is 12.2. The average Bonchev–Trinajstić information content (AvgIpc) is 3.32. The minimum atomic E-state index is -0.0596. The van der Waals surface area contributed by atoms with Crippen LogP contribution < -0.4 is 5.32 Å². The van der Waals surface area contributed by atoms with E-state index in [0.29, 0.717) is 19.1 Å². The van der Waals surface area contributed by atoms with Gasteiger partial charge in [-0.15, -0.1) is 0 Å². The van der Waals surface area contributed by atoms with Crippen LogP contribution in [0.5, 0.6) is 0 Å². The maximum Gasteiger partial charge on any atom is 0.317 e. The molecule has 1 saturated carbocycles. The lowest BCUT2D eigenvalue weighted by atomic mass is 10.1. The highest BCUT2D eigenvalue weighted by Gasteiger charge is 2.31. The molecule has 1 heterocycles. The molecule has 3 N–H and O–H groups in total. The Hall–Kier alpha value is -2.01. The second-order valence-corrected chi connectivity index (χ2v) is 6.14. The minimum Gasteiger partial charge on any atom is -0.395 e. The number of amides is 2. The van der Waals surface area contributed by atoms with E-state index in [4.69, 9.17) is 5.11 Å². The number of urea groups is 1. The van der Waals surface area contributed by atoms with Crippen LogP contribution in [0.15, 0.2) is 24.4 Å². The van der Waals surface area contributed by atoms with Crippen molar-refractivity contribution in [2.24, 2.45) is 0 Å². The number of aryl methyl sites for hydroxylation is 1. The van der Waals surface area contributed by atoms with Crippen LogP contribution >= 0.6 is 0 Å². The van der Waals surface area contributed by atoms with Gasteiger partial charge in [-0.2, -0.15) is 0 Å². The summed E-state index contributed by atoms with van der Waals surface area (Å²) in [6, 6.07) is 6.63. The monoisotopic (exact) mass is 315 g/mol. The van der Waals surface area contributed by atoms with Crippen molar-refractivity contribution in [1.82, 2.24) is 15.2 Å². The Morgan fingerprint density at radius 2 is 2.22 bits per heavy atom. The Morgan fingerprint density at radius 1 is 1.39 bits per heavy atom. The molecule has 0 spiro atoms. The number of aliphatic hydroxyl groups is 1. The van der Waals surface area contributed by atoms with Crippen molar-refractivity contribution in [3.63, 3.8) is 0 Å². The van der Waals surface area contributed by atoms with E-state index in [0.717, 1.165) is 25.7 Å². The highest BCUT2D eigenvalue weighted by atomic mass is 16.3. The van der Waals surface area contributed by atoms with E-state index in [1.54, 1.807) is 4.90 Å². The average molecular weight is 315 g/mol. The lowest BCUT2D eigenvalue weighted by Crippen LogP contribution is -2.43. The molecule has 0 bridgehead atoms. The van der Waals surface area contributed by atoms with E-state index in [1.165, 1.54) is 22.0 Å². The number of aliphatic hydroxyl groups excluding tert-OH is 1. The van der Waals surface area contributed by atoms with Crippen LogP contribution in [-0.2, 0) is 12.8 Å². The van der Waals surface area contributed by atoms with Gasteiger partial charge in [-0.3, -0.25) is 0 Å². The summed E-state index contributed by atoms with van der Waals surface area (Å²) in [6.07, 6.45) is 5.95. The Labute approximate surface area is 136 Å². The number of hydrogen-bond donors (Lipinski definition) is 3. The highest BCUT2D eigenvalue weighted by molar-refractivity contribution is 5.86. The van der Waals surface area contributed by atoms with Gasteiger partial charge >= 0.3 is 6.03 Å². The number of nitrogens with one attached hydrogen (secondary N) is 2. The number of carbonyl (C=O) groups excluding carboxylic acids is 1. The molecule has 0 aliphatic heterocycles.